The Bertz CT molecular complexity index is 502. The van der Waals surface area contributed by atoms with Crippen LogP contribution in [-0.2, 0) is 0 Å². The van der Waals surface area contributed by atoms with Gasteiger partial charge in [-0.25, -0.2) is 4.98 Å². The van der Waals surface area contributed by atoms with Gasteiger partial charge in [0.25, 0.3) is 0 Å². The van der Waals surface area contributed by atoms with E-state index in [-0.39, 0.29) is 6.04 Å². The van der Waals surface area contributed by atoms with E-state index in [0.29, 0.717) is 11.6 Å². The van der Waals surface area contributed by atoms with Crippen molar-refractivity contribution in [2.45, 2.75) is 13.0 Å². The predicted molar refractivity (Wildman–Crippen MR) is 75.0 cm³/mol. The minimum Gasteiger partial charge on any atom is -0.306 e. The molecule has 0 bridgehead atoms. The van der Waals surface area contributed by atoms with E-state index in [4.69, 9.17) is 11.6 Å². The van der Waals surface area contributed by atoms with E-state index in [1.165, 1.54) is 5.56 Å². The molecule has 2 aromatic rings. The third kappa shape index (κ3) is 3.22. The van der Waals surface area contributed by atoms with Gasteiger partial charge in [0.2, 0.25) is 0 Å². The topological polar surface area (TPSA) is 29.9 Å². The minimum atomic E-state index is 0.248. The van der Waals surface area contributed by atoms with E-state index in [1.54, 1.807) is 12.5 Å². The van der Waals surface area contributed by atoms with Gasteiger partial charge in [-0.3, -0.25) is 0 Å². The first kappa shape index (κ1) is 12.9. The molecule has 2 rings (SSSR count). The fourth-order valence-electron chi connectivity index (χ4n) is 1.73. The lowest BCUT2D eigenvalue weighted by Gasteiger charge is -2.14. The molecule has 4 heteroatoms. The Labute approximate surface area is 112 Å². The van der Waals surface area contributed by atoms with Crippen LogP contribution in [0.15, 0.2) is 54.6 Å². The van der Waals surface area contributed by atoms with Crippen LogP contribution in [0.2, 0.25) is 0 Å². The first-order valence-electron chi connectivity index (χ1n) is 5.82. The van der Waals surface area contributed by atoms with Gasteiger partial charge >= 0.3 is 0 Å². The van der Waals surface area contributed by atoms with Crippen molar-refractivity contribution in [1.29, 1.82) is 0 Å². The number of nitrogens with one attached hydrogen (secondary N) is 1. The summed E-state index contributed by atoms with van der Waals surface area (Å²) in [6, 6.07) is 8.60. The molecule has 94 valence electrons. The van der Waals surface area contributed by atoms with Gasteiger partial charge in [0.15, 0.2) is 0 Å². The van der Waals surface area contributed by atoms with Crippen molar-refractivity contribution in [2.24, 2.45) is 0 Å². The summed E-state index contributed by atoms with van der Waals surface area (Å²) in [6.45, 7) is 6.38. The van der Waals surface area contributed by atoms with Gasteiger partial charge in [0, 0.05) is 35.7 Å². The number of aromatic nitrogens is 2. The molecule has 1 atom stereocenters. The van der Waals surface area contributed by atoms with E-state index >= 15 is 0 Å². The highest BCUT2D eigenvalue weighted by Gasteiger charge is 2.05. The summed E-state index contributed by atoms with van der Waals surface area (Å²) in [6.07, 6.45) is 5.48. The van der Waals surface area contributed by atoms with Crippen LogP contribution in [0.3, 0.4) is 0 Å². The maximum atomic E-state index is 5.73. The quantitative estimate of drug-likeness (QED) is 0.895. The van der Waals surface area contributed by atoms with E-state index in [0.717, 1.165) is 5.69 Å². The fraction of sp³-hybridized carbons (Fsp3) is 0.214. The van der Waals surface area contributed by atoms with Crippen molar-refractivity contribution < 1.29 is 0 Å². The average molecular weight is 262 g/mol. The Morgan fingerprint density at radius 1 is 1.44 bits per heavy atom. The zero-order valence-corrected chi connectivity index (χ0v) is 11.1. The Kier molecular flexibility index (Phi) is 4.18. The molecule has 0 spiro atoms. The van der Waals surface area contributed by atoms with E-state index in [1.807, 2.05) is 10.8 Å². The maximum absolute atomic E-state index is 5.73. The number of imidazole rings is 1. The highest BCUT2D eigenvalue weighted by molar-refractivity contribution is 6.29. The second-order valence-electron chi connectivity index (χ2n) is 4.18. The molecule has 0 radical (unpaired) electrons. The molecular weight excluding hydrogens is 246 g/mol. The minimum absolute atomic E-state index is 0.248. The summed E-state index contributed by atoms with van der Waals surface area (Å²) in [7, 11) is 0. The third-order valence-electron chi connectivity index (χ3n) is 2.80. The Morgan fingerprint density at radius 2 is 2.17 bits per heavy atom. The van der Waals surface area contributed by atoms with E-state index in [9.17, 15) is 0 Å². The molecule has 0 fully saturated rings. The number of halogens is 1. The second-order valence-corrected chi connectivity index (χ2v) is 4.72. The lowest BCUT2D eigenvalue weighted by molar-refractivity contribution is 0.614. The zero-order chi connectivity index (χ0) is 13.0. The largest absolute Gasteiger partial charge is 0.306 e. The standard InChI is InChI=1S/C14H16ClN3/c1-11(15)9-17-12(2)13-3-5-14(6-4-13)18-8-7-16-10-18/h3-8,10,12,17H,1,9H2,2H3. The summed E-state index contributed by atoms with van der Waals surface area (Å²) in [5.74, 6) is 0. The van der Waals surface area contributed by atoms with Crippen molar-refractivity contribution in [2.75, 3.05) is 6.54 Å². The molecule has 0 aliphatic heterocycles. The first-order valence-corrected chi connectivity index (χ1v) is 6.19. The van der Waals surface area contributed by atoms with Crippen molar-refractivity contribution in [1.82, 2.24) is 14.9 Å². The number of hydrogen-bond donors (Lipinski definition) is 1. The molecule has 0 saturated heterocycles. The molecule has 1 aromatic heterocycles. The van der Waals surface area contributed by atoms with Gasteiger partial charge in [-0.15, -0.1) is 0 Å². The molecule has 0 amide bonds. The highest BCUT2D eigenvalue weighted by Crippen LogP contribution is 2.15. The third-order valence-corrected chi connectivity index (χ3v) is 2.93. The summed E-state index contributed by atoms with van der Waals surface area (Å²) >= 11 is 5.73. The molecule has 18 heavy (non-hydrogen) atoms. The van der Waals surface area contributed by atoms with E-state index in [2.05, 4.69) is 48.1 Å². The van der Waals surface area contributed by atoms with Crippen molar-refractivity contribution in [3.8, 4) is 5.69 Å². The molecule has 0 aliphatic carbocycles. The second kappa shape index (κ2) is 5.85. The van der Waals surface area contributed by atoms with Crippen molar-refractivity contribution in [3.63, 3.8) is 0 Å². The number of rotatable bonds is 5. The van der Waals surface area contributed by atoms with Crippen LogP contribution in [0.25, 0.3) is 5.69 Å². The summed E-state index contributed by atoms with van der Waals surface area (Å²) in [5.41, 5.74) is 2.32. The van der Waals surface area contributed by atoms with Crippen molar-refractivity contribution >= 4 is 11.6 Å². The molecule has 1 N–H and O–H groups in total. The molecule has 1 unspecified atom stereocenters. The lowest BCUT2D eigenvalue weighted by atomic mass is 10.1. The van der Waals surface area contributed by atoms with Crippen LogP contribution in [0.5, 0.6) is 0 Å². The average Bonchev–Trinajstić information content (AvgIpc) is 2.90. The first-order chi connectivity index (χ1) is 8.66. The SMILES string of the molecule is C=C(Cl)CNC(C)c1ccc(-n2ccnc2)cc1. The van der Waals surface area contributed by atoms with Gasteiger partial charge in [-0.2, -0.15) is 0 Å². The van der Waals surface area contributed by atoms with Gasteiger partial charge in [-0.05, 0) is 24.6 Å². The summed E-state index contributed by atoms with van der Waals surface area (Å²) < 4.78 is 1.97. The van der Waals surface area contributed by atoms with Crippen molar-refractivity contribution in [3.05, 3.63) is 60.2 Å². The van der Waals surface area contributed by atoms with Crippen LogP contribution in [0.4, 0.5) is 0 Å². The number of nitrogens with zero attached hydrogens (tertiary/aromatic N) is 2. The molecule has 1 heterocycles. The molecule has 0 saturated carbocycles. The maximum Gasteiger partial charge on any atom is 0.0991 e. The van der Waals surface area contributed by atoms with Crippen LogP contribution >= 0.6 is 11.6 Å². The number of hydrogen-bond acceptors (Lipinski definition) is 2. The molecular formula is C14H16ClN3. The van der Waals surface area contributed by atoms with Crippen LogP contribution in [-0.4, -0.2) is 16.1 Å². The smallest absolute Gasteiger partial charge is 0.0991 e. The normalized spacial score (nSPS) is 12.3. The molecule has 3 nitrogen and oxygen atoms in total. The summed E-state index contributed by atoms with van der Waals surface area (Å²) in [4.78, 5) is 4.03. The Hall–Kier alpha value is -1.58. The Balaban J connectivity index is 2.05. The van der Waals surface area contributed by atoms with E-state index < -0.39 is 0 Å². The van der Waals surface area contributed by atoms with Gasteiger partial charge in [-0.1, -0.05) is 30.3 Å². The van der Waals surface area contributed by atoms with Crippen LogP contribution in [0, 0.1) is 0 Å². The van der Waals surface area contributed by atoms with Crippen LogP contribution in [0.1, 0.15) is 18.5 Å². The van der Waals surface area contributed by atoms with Gasteiger partial charge in [0.1, 0.15) is 0 Å². The Morgan fingerprint density at radius 3 is 2.72 bits per heavy atom. The fourth-order valence-corrected chi connectivity index (χ4v) is 1.81. The number of benzene rings is 1. The summed E-state index contributed by atoms with van der Waals surface area (Å²) in [5, 5.41) is 3.92. The van der Waals surface area contributed by atoms with Crippen LogP contribution < -0.4 is 5.32 Å². The lowest BCUT2D eigenvalue weighted by Crippen LogP contribution is -2.19. The predicted octanol–water partition coefficient (Wildman–Crippen LogP) is 3.28. The highest BCUT2D eigenvalue weighted by atomic mass is 35.5. The monoisotopic (exact) mass is 261 g/mol. The molecule has 1 aromatic carbocycles. The van der Waals surface area contributed by atoms with Gasteiger partial charge < -0.3 is 9.88 Å². The van der Waals surface area contributed by atoms with Gasteiger partial charge in [0.05, 0.1) is 6.33 Å². The molecule has 0 aliphatic rings. The zero-order valence-electron chi connectivity index (χ0n) is 10.3.